The lowest BCUT2D eigenvalue weighted by atomic mass is 9.86. The number of anilines is 3. The number of nitrogens with one attached hydrogen (secondary N) is 2. The molecule has 0 saturated heterocycles. The number of ether oxygens (including phenoxy) is 1. The van der Waals surface area contributed by atoms with E-state index < -0.39 is 0 Å². The number of rotatable bonds is 2. The van der Waals surface area contributed by atoms with E-state index in [1.54, 1.807) is 7.11 Å². The number of hydrogen-bond donors (Lipinski definition) is 4. The fourth-order valence-corrected chi connectivity index (χ4v) is 4.51. The third-order valence-corrected chi connectivity index (χ3v) is 5.75. The first-order valence-electron chi connectivity index (χ1n) is 8.38. The van der Waals surface area contributed by atoms with Gasteiger partial charge < -0.3 is 21.5 Å². The van der Waals surface area contributed by atoms with Gasteiger partial charge in [0, 0.05) is 17.9 Å². The van der Waals surface area contributed by atoms with Gasteiger partial charge in [0.15, 0.2) is 0 Å². The monoisotopic (exact) mass is 392 g/mol. The van der Waals surface area contributed by atoms with E-state index in [1.807, 2.05) is 30.3 Å². The molecule has 8 nitrogen and oxygen atoms in total. The van der Waals surface area contributed by atoms with Crippen molar-refractivity contribution in [2.45, 2.75) is 12.3 Å². The van der Waals surface area contributed by atoms with E-state index in [4.69, 9.17) is 21.6 Å². The van der Waals surface area contributed by atoms with Gasteiger partial charge in [0.2, 0.25) is 5.91 Å². The number of carbonyl (C=O) groups excluding carboxylic acids is 1. The number of carbonyl (C=O) groups is 1. The van der Waals surface area contributed by atoms with Crippen LogP contribution < -0.4 is 26.2 Å². The third-order valence-electron chi connectivity index (χ3n) is 4.82. The van der Waals surface area contributed by atoms with Gasteiger partial charge in [-0.25, -0.2) is 4.98 Å². The maximum Gasteiger partial charge on any atom is 0.225 e. The Balaban J connectivity index is 2.05. The van der Waals surface area contributed by atoms with E-state index in [9.17, 15) is 10.1 Å². The second-order valence-corrected chi connectivity index (χ2v) is 7.39. The Morgan fingerprint density at radius 3 is 2.71 bits per heavy atom. The minimum atomic E-state index is -0.284. The Morgan fingerprint density at radius 2 is 2.07 bits per heavy atom. The molecule has 0 fully saturated rings. The molecule has 140 valence electrons. The standard InChI is InChI=1S/C19H16N6O2S/c1-27-9-4-2-8(3-5-9)10-6-12(26)24-19-13(10)16-14(18(23)28-19)15(21)11(7-20)17(22)25-16/h2-5,10,23H,6H2,1H3,(H,24,26)(H4,21,22,25). The fourth-order valence-electron chi connectivity index (χ4n) is 3.48. The van der Waals surface area contributed by atoms with E-state index in [0.29, 0.717) is 21.7 Å². The second kappa shape index (κ2) is 6.51. The molecular weight excluding hydrogens is 376 g/mol. The normalized spacial score (nSPS) is 15.6. The maximum absolute atomic E-state index is 12.3. The molecule has 1 amide bonds. The van der Waals surface area contributed by atoms with Crippen molar-refractivity contribution < 1.29 is 9.53 Å². The quantitative estimate of drug-likeness (QED) is 0.525. The number of benzene rings is 1. The van der Waals surface area contributed by atoms with Gasteiger partial charge in [0.1, 0.15) is 32.9 Å². The van der Waals surface area contributed by atoms with Crippen LogP contribution in [0.1, 0.15) is 29.0 Å². The minimum Gasteiger partial charge on any atom is -0.497 e. The SMILES string of the molecule is COc1ccc(C2CC(=O)Nc3sc(=N)c4c(N)c(C#N)c(N)nc4c32)cc1. The largest absolute Gasteiger partial charge is 0.497 e. The Kier molecular flexibility index (Phi) is 4.13. The number of amides is 1. The van der Waals surface area contributed by atoms with Crippen molar-refractivity contribution in [2.75, 3.05) is 23.9 Å². The summed E-state index contributed by atoms with van der Waals surface area (Å²) >= 11 is 1.10. The topological polar surface area (TPSA) is 151 Å². The predicted octanol–water partition coefficient (Wildman–Crippen LogP) is 2.29. The van der Waals surface area contributed by atoms with Crippen molar-refractivity contribution >= 4 is 44.7 Å². The average molecular weight is 392 g/mol. The van der Waals surface area contributed by atoms with Gasteiger partial charge in [-0.15, -0.1) is 0 Å². The van der Waals surface area contributed by atoms with Crippen LogP contribution in [0.5, 0.6) is 5.75 Å². The minimum absolute atomic E-state index is 0.00989. The zero-order valence-corrected chi connectivity index (χ0v) is 15.7. The first-order chi connectivity index (χ1) is 13.4. The third kappa shape index (κ3) is 2.62. The van der Waals surface area contributed by atoms with Gasteiger partial charge in [-0.2, -0.15) is 5.26 Å². The zero-order valence-electron chi connectivity index (χ0n) is 14.9. The van der Waals surface area contributed by atoms with Crippen molar-refractivity contribution in [1.29, 1.82) is 10.7 Å². The highest BCUT2D eigenvalue weighted by Gasteiger charge is 2.31. The molecule has 0 spiro atoms. The van der Waals surface area contributed by atoms with Crippen LogP contribution in [-0.2, 0) is 4.79 Å². The molecule has 3 heterocycles. The molecule has 6 N–H and O–H groups in total. The molecule has 2 aromatic heterocycles. The molecule has 28 heavy (non-hydrogen) atoms. The van der Waals surface area contributed by atoms with E-state index >= 15 is 0 Å². The number of methoxy groups -OCH3 is 1. The van der Waals surface area contributed by atoms with Gasteiger partial charge in [-0.05, 0) is 17.7 Å². The van der Waals surface area contributed by atoms with E-state index in [2.05, 4.69) is 10.3 Å². The summed E-state index contributed by atoms with van der Waals surface area (Å²) in [5.41, 5.74) is 14.4. The number of fused-ring (bicyclic) bond motifs is 3. The van der Waals surface area contributed by atoms with Gasteiger partial charge in [0.05, 0.1) is 23.7 Å². The summed E-state index contributed by atoms with van der Waals surface area (Å²) in [5.74, 6) is 0.297. The Morgan fingerprint density at radius 1 is 1.36 bits per heavy atom. The summed E-state index contributed by atoms with van der Waals surface area (Å²) in [6, 6.07) is 9.40. The second-order valence-electron chi connectivity index (χ2n) is 6.37. The van der Waals surface area contributed by atoms with E-state index in [0.717, 1.165) is 22.5 Å². The molecule has 0 saturated carbocycles. The molecule has 4 rings (SSSR count). The maximum atomic E-state index is 12.3. The number of nitrogens with two attached hydrogens (primary N) is 2. The Labute approximate surface area is 163 Å². The molecule has 3 aromatic rings. The van der Waals surface area contributed by atoms with Crippen LogP contribution in [-0.4, -0.2) is 18.0 Å². The zero-order chi connectivity index (χ0) is 20.0. The molecule has 1 atom stereocenters. The first-order valence-corrected chi connectivity index (χ1v) is 9.20. The lowest BCUT2D eigenvalue weighted by molar-refractivity contribution is -0.116. The van der Waals surface area contributed by atoms with Gasteiger partial charge >= 0.3 is 0 Å². The number of pyridine rings is 1. The van der Waals surface area contributed by atoms with Crippen LogP contribution in [0, 0.1) is 16.7 Å². The summed E-state index contributed by atoms with van der Waals surface area (Å²) in [7, 11) is 1.59. The molecule has 1 aliphatic rings. The molecular formula is C19H16N6O2S. The van der Waals surface area contributed by atoms with Crippen molar-refractivity contribution in [2.24, 2.45) is 0 Å². The molecule has 1 unspecified atom stereocenters. The van der Waals surface area contributed by atoms with Crippen LogP contribution in [0.4, 0.5) is 16.5 Å². The van der Waals surface area contributed by atoms with Gasteiger partial charge in [-0.1, -0.05) is 23.5 Å². The summed E-state index contributed by atoms with van der Waals surface area (Å²) in [6.07, 6.45) is 0.222. The molecule has 0 radical (unpaired) electrons. The summed E-state index contributed by atoms with van der Waals surface area (Å²) in [4.78, 5) is 16.7. The van der Waals surface area contributed by atoms with Gasteiger partial charge in [-0.3, -0.25) is 10.2 Å². The lowest BCUT2D eigenvalue weighted by Crippen LogP contribution is -2.25. The highest BCUT2D eigenvalue weighted by molar-refractivity contribution is 7.14. The Hall–Kier alpha value is -3.64. The summed E-state index contributed by atoms with van der Waals surface area (Å²) < 4.78 is 5.33. The summed E-state index contributed by atoms with van der Waals surface area (Å²) in [5, 5.41) is 21.4. The number of nitrogens with zero attached hydrogens (tertiary/aromatic N) is 2. The van der Waals surface area contributed by atoms with Crippen LogP contribution >= 0.6 is 11.3 Å². The van der Waals surface area contributed by atoms with Crippen molar-refractivity contribution in [3.8, 4) is 11.8 Å². The molecule has 1 aromatic carbocycles. The van der Waals surface area contributed by atoms with Crippen LogP contribution in [0.3, 0.4) is 0 Å². The number of nitriles is 1. The fraction of sp³-hybridized carbons (Fsp3) is 0.158. The highest BCUT2D eigenvalue weighted by atomic mass is 32.1. The molecule has 0 aliphatic carbocycles. The van der Waals surface area contributed by atoms with Crippen LogP contribution in [0.2, 0.25) is 0 Å². The van der Waals surface area contributed by atoms with E-state index in [1.165, 1.54) is 0 Å². The van der Waals surface area contributed by atoms with Crippen LogP contribution in [0.15, 0.2) is 24.3 Å². The van der Waals surface area contributed by atoms with Crippen molar-refractivity contribution in [1.82, 2.24) is 4.98 Å². The number of aromatic nitrogens is 1. The average Bonchev–Trinajstić information content (AvgIpc) is 2.67. The first kappa shape index (κ1) is 17.8. The Bertz CT molecular complexity index is 1230. The smallest absolute Gasteiger partial charge is 0.225 e. The lowest BCUT2D eigenvalue weighted by Gasteiger charge is -2.27. The summed E-state index contributed by atoms with van der Waals surface area (Å²) in [6.45, 7) is 0. The van der Waals surface area contributed by atoms with Gasteiger partial charge in [0.25, 0.3) is 0 Å². The molecule has 0 bridgehead atoms. The van der Waals surface area contributed by atoms with E-state index in [-0.39, 0.29) is 40.0 Å². The van der Waals surface area contributed by atoms with Crippen molar-refractivity contribution in [3.05, 3.63) is 45.6 Å². The number of nitrogen functional groups attached to an aromatic ring is 2. The highest BCUT2D eigenvalue weighted by Crippen LogP contribution is 2.43. The predicted molar refractivity (Wildman–Crippen MR) is 107 cm³/mol. The molecule has 9 heteroatoms. The number of hydrogen-bond acceptors (Lipinski definition) is 8. The van der Waals surface area contributed by atoms with Crippen LogP contribution in [0.25, 0.3) is 10.9 Å². The van der Waals surface area contributed by atoms with Crippen molar-refractivity contribution in [3.63, 3.8) is 0 Å². The molecule has 1 aliphatic heterocycles.